The van der Waals surface area contributed by atoms with E-state index in [0.717, 1.165) is 24.8 Å². The molecular formula is C25H35N5O5S. The summed E-state index contributed by atoms with van der Waals surface area (Å²) >= 11 is 0. The summed E-state index contributed by atoms with van der Waals surface area (Å²) in [5.74, 6) is -0.293. The van der Waals surface area contributed by atoms with Gasteiger partial charge in [0.05, 0.1) is 16.7 Å². The van der Waals surface area contributed by atoms with E-state index in [2.05, 4.69) is 15.6 Å². The number of carbonyl (C=O) groups excluding carboxylic acids is 2. The lowest BCUT2D eigenvalue weighted by atomic mass is 9.85. The second-order valence-corrected chi connectivity index (χ2v) is 13.1. The van der Waals surface area contributed by atoms with Gasteiger partial charge in [0.15, 0.2) is 9.84 Å². The molecule has 196 valence electrons. The Bertz CT molecular complexity index is 1260. The number of aliphatic hydroxyl groups excluding tert-OH is 1. The van der Waals surface area contributed by atoms with Gasteiger partial charge in [-0.05, 0) is 42.4 Å². The summed E-state index contributed by atoms with van der Waals surface area (Å²) in [4.78, 5) is 28.6. The number of likely N-dealkylation sites (tertiary alicyclic amines) is 1. The molecule has 2 fully saturated rings. The molecule has 11 heteroatoms. The minimum absolute atomic E-state index is 0.0520. The van der Waals surface area contributed by atoms with Crippen LogP contribution in [-0.2, 0) is 26.0 Å². The van der Waals surface area contributed by atoms with E-state index < -0.39 is 39.3 Å². The maximum atomic E-state index is 13.8. The van der Waals surface area contributed by atoms with E-state index in [1.807, 2.05) is 27.0 Å². The normalized spacial score (nSPS) is 21.4. The van der Waals surface area contributed by atoms with Gasteiger partial charge in [-0.2, -0.15) is 0 Å². The van der Waals surface area contributed by atoms with E-state index in [1.54, 1.807) is 29.8 Å². The molecule has 1 aromatic carbocycles. The zero-order valence-corrected chi connectivity index (χ0v) is 22.2. The molecule has 0 spiro atoms. The number of hydrogen-bond donors (Lipinski definition) is 2. The highest BCUT2D eigenvalue weighted by atomic mass is 32.2. The van der Waals surface area contributed by atoms with Gasteiger partial charge in [-0.25, -0.2) is 13.1 Å². The van der Waals surface area contributed by atoms with Crippen molar-refractivity contribution in [3.05, 3.63) is 41.2 Å². The number of amides is 2. The van der Waals surface area contributed by atoms with Crippen LogP contribution in [0.3, 0.4) is 0 Å². The zero-order chi connectivity index (χ0) is 26.4. The van der Waals surface area contributed by atoms with Crippen LogP contribution in [0.2, 0.25) is 0 Å². The summed E-state index contributed by atoms with van der Waals surface area (Å²) in [7, 11) is -3.40. The average Bonchev–Trinajstić information content (AvgIpc) is 3.38. The van der Waals surface area contributed by atoms with Crippen molar-refractivity contribution < 1.29 is 23.1 Å². The molecule has 2 amide bonds. The molecule has 4 rings (SSSR count). The van der Waals surface area contributed by atoms with Crippen molar-refractivity contribution in [2.75, 3.05) is 12.8 Å². The molecule has 1 aromatic heterocycles. The SMILES string of the molecule is Cc1ccc(CNC(=O)C2CC(O)CN2C(=O)[C@@H](n2cc(C3CC3)nn2)C(C)(C)C)cc1S(C)(=O)=O. The van der Waals surface area contributed by atoms with E-state index in [-0.39, 0.29) is 30.3 Å². The van der Waals surface area contributed by atoms with Gasteiger partial charge in [0, 0.05) is 37.9 Å². The highest BCUT2D eigenvalue weighted by Gasteiger charge is 2.45. The standard InChI is InChI=1S/C25H35N5O5S/c1-15-6-7-16(10-21(15)36(5,34)35)12-26-23(32)20-11-18(31)13-29(20)24(33)22(25(2,3)4)30-14-19(27-28-30)17-8-9-17/h6-7,10,14,17-18,20,22,31H,8-9,11-13H2,1-5H3,(H,26,32)/t18?,20?,22-/m1/s1. The van der Waals surface area contributed by atoms with Gasteiger partial charge in [-0.15, -0.1) is 5.10 Å². The number of hydrogen-bond acceptors (Lipinski definition) is 7. The molecule has 2 heterocycles. The summed E-state index contributed by atoms with van der Waals surface area (Å²) in [5.41, 5.74) is 1.63. The third-order valence-corrected chi connectivity index (χ3v) is 8.06. The fraction of sp³-hybridized carbons (Fsp3) is 0.600. The van der Waals surface area contributed by atoms with Gasteiger partial charge >= 0.3 is 0 Å². The highest BCUT2D eigenvalue weighted by molar-refractivity contribution is 7.90. The Morgan fingerprint density at radius 3 is 2.56 bits per heavy atom. The Morgan fingerprint density at radius 1 is 1.25 bits per heavy atom. The summed E-state index contributed by atoms with van der Waals surface area (Å²) < 4.78 is 25.7. The Kier molecular flexibility index (Phi) is 7.00. The van der Waals surface area contributed by atoms with Crippen LogP contribution in [0.15, 0.2) is 29.3 Å². The molecule has 2 aromatic rings. The lowest BCUT2D eigenvalue weighted by Gasteiger charge is -2.34. The number of aromatic nitrogens is 3. The summed E-state index contributed by atoms with van der Waals surface area (Å²) in [6.07, 6.45) is 4.42. The van der Waals surface area contributed by atoms with Gasteiger partial charge in [-0.3, -0.25) is 9.59 Å². The van der Waals surface area contributed by atoms with Gasteiger partial charge in [-0.1, -0.05) is 38.1 Å². The number of sulfone groups is 1. The lowest BCUT2D eigenvalue weighted by molar-refractivity contribution is -0.144. The second kappa shape index (κ2) is 9.59. The summed E-state index contributed by atoms with van der Waals surface area (Å²) in [6.45, 7) is 7.69. The predicted molar refractivity (Wildman–Crippen MR) is 133 cm³/mol. The minimum Gasteiger partial charge on any atom is -0.391 e. The fourth-order valence-electron chi connectivity index (χ4n) is 4.79. The molecule has 0 radical (unpaired) electrons. The monoisotopic (exact) mass is 517 g/mol. The highest BCUT2D eigenvalue weighted by Crippen LogP contribution is 2.40. The zero-order valence-electron chi connectivity index (χ0n) is 21.4. The Labute approximate surface area is 212 Å². The maximum Gasteiger partial charge on any atom is 0.248 e. The molecule has 2 unspecified atom stereocenters. The average molecular weight is 518 g/mol. The number of nitrogens with one attached hydrogen (secondary N) is 1. The molecule has 1 saturated heterocycles. The Balaban J connectivity index is 1.51. The molecule has 10 nitrogen and oxygen atoms in total. The van der Waals surface area contributed by atoms with E-state index >= 15 is 0 Å². The van der Waals surface area contributed by atoms with Crippen LogP contribution >= 0.6 is 0 Å². The van der Waals surface area contributed by atoms with Crippen LogP contribution in [-0.4, -0.2) is 70.2 Å². The third-order valence-electron chi connectivity index (χ3n) is 6.83. The molecule has 1 aliphatic heterocycles. The number of carbonyl (C=O) groups is 2. The number of rotatable bonds is 7. The second-order valence-electron chi connectivity index (χ2n) is 11.2. The van der Waals surface area contributed by atoms with Crippen LogP contribution < -0.4 is 5.32 Å². The number of β-amino-alcohol motifs (C(OH)–C–C–N with tert-alkyl or cyclic N) is 1. The first kappa shape index (κ1) is 26.3. The van der Waals surface area contributed by atoms with Crippen LogP contribution in [0.1, 0.15) is 68.8 Å². The molecular weight excluding hydrogens is 482 g/mol. The number of aryl methyl sites for hydroxylation is 1. The van der Waals surface area contributed by atoms with Gasteiger partial charge in [0.2, 0.25) is 11.8 Å². The first-order valence-electron chi connectivity index (χ1n) is 12.2. The minimum atomic E-state index is -3.40. The number of aliphatic hydroxyl groups is 1. The van der Waals surface area contributed by atoms with Crippen molar-refractivity contribution in [1.29, 1.82) is 0 Å². The molecule has 36 heavy (non-hydrogen) atoms. The number of benzene rings is 1. The lowest BCUT2D eigenvalue weighted by Crippen LogP contribution is -2.50. The van der Waals surface area contributed by atoms with E-state index in [1.165, 1.54) is 4.90 Å². The van der Waals surface area contributed by atoms with Crippen molar-refractivity contribution in [2.24, 2.45) is 5.41 Å². The molecule has 0 bridgehead atoms. The van der Waals surface area contributed by atoms with Crippen LogP contribution in [0.4, 0.5) is 0 Å². The predicted octanol–water partition coefficient (Wildman–Crippen LogP) is 1.73. The van der Waals surface area contributed by atoms with Crippen LogP contribution in [0.25, 0.3) is 0 Å². The largest absolute Gasteiger partial charge is 0.391 e. The quantitative estimate of drug-likeness (QED) is 0.571. The van der Waals surface area contributed by atoms with E-state index in [9.17, 15) is 23.1 Å². The smallest absolute Gasteiger partial charge is 0.248 e. The van der Waals surface area contributed by atoms with Gasteiger partial charge in [0.1, 0.15) is 12.1 Å². The van der Waals surface area contributed by atoms with Crippen molar-refractivity contribution in [1.82, 2.24) is 25.2 Å². The maximum absolute atomic E-state index is 13.8. The van der Waals surface area contributed by atoms with Crippen LogP contribution in [0, 0.1) is 12.3 Å². The first-order valence-corrected chi connectivity index (χ1v) is 14.1. The number of nitrogens with zero attached hydrogens (tertiary/aromatic N) is 4. The molecule has 1 aliphatic carbocycles. The first-order chi connectivity index (χ1) is 16.8. The van der Waals surface area contributed by atoms with Crippen molar-refractivity contribution in [3.63, 3.8) is 0 Å². The van der Waals surface area contributed by atoms with Gasteiger partial charge in [0.25, 0.3) is 0 Å². The molecule has 2 N–H and O–H groups in total. The summed E-state index contributed by atoms with van der Waals surface area (Å²) in [6, 6.07) is 3.48. The van der Waals surface area contributed by atoms with E-state index in [0.29, 0.717) is 17.0 Å². The van der Waals surface area contributed by atoms with Crippen molar-refractivity contribution in [3.8, 4) is 0 Å². The third kappa shape index (κ3) is 5.62. The molecule has 1 saturated carbocycles. The fourth-order valence-corrected chi connectivity index (χ4v) is 5.81. The summed E-state index contributed by atoms with van der Waals surface area (Å²) in [5, 5.41) is 21.7. The van der Waals surface area contributed by atoms with Crippen LogP contribution in [0.5, 0.6) is 0 Å². The van der Waals surface area contributed by atoms with E-state index in [4.69, 9.17) is 0 Å². The Hall–Kier alpha value is -2.79. The molecule has 3 atom stereocenters. The topological polar surface area (TPSA) is 134 Å². The molecule has 2 aliphatic rings. The van der Waals surface area contributed by atoms with Gasteiger partial charge < -0.3 is 15.3 Å². The Morgan fingerprint density at radius 2 is 1.94 bits per heavy atom. The van der Waals surface area contributed by atoms with Crippen molar-refractivity contribution >= 4 is 21.7 Å². The van der Waals surface area contributed by atoms with Crippen molar-refractivity contribution in [2.45, 2.75) is 82.5 Å².